The van der Waals surface area contributed by atoms with Crippen LogP contribution in [0, 0.1) is 6.92 Å². The fourth-order valence-electron chi connectivity index (χ4n) is 1.29. The van der Waals surface area contributed by atoms with Crippen LogP contribution in [0.2, 0.25) is 0 Å². The van der Waals surface area contributed by atoms with E-state index in [0.29, 0.717) is 12.1 Å². The van der Waals surface area contributed by atoms with E-state index in [1.807, 2.05) is 6.92 Å². The number of anilines is 1. The molecule has 0 aliphatic rings. The number of amides is 1. The lowest BCUT2D eigenvalue weighted by Crippen LogP contribution is -2.35. The molecule has 17 heavy (non-hydrogen) atoms. The van der Waals surface area contributed by atoms with Crippen molar-refractivity contribution in [1.82, 2.24) is 4.98 Å². The number of hydrogen-bond acceptors (Lipinski definition) is 5. The quantitative estimate of drug-likeness (QED) is 0.735. The van der Waals surface area contributed by atoms with E-state index in [1.54, 1.807) is 6.92 Å². The molecule has 0 radical (unpaired) electrons. The lowest BCUT2D eigenvalue weighted by molar-refractivity contribution is -0.117. The molecule has 1 atom stereocenters. The molecule has 0 saturated carbocycles. The predicted octanol–water partition coefficient (Wildman–Crippen LogP) is 1.22. The monoisotopic (exact) mass is 257 g/mol. The highest BCUT2D eigenvalue weighted by atomic mass is 32.1. The number of nitrogens with zero attached hydrogens (tertiary/aromatic N) is 1. The minimum atomic E-state index is -1.04. The standard InChI is InChI=1S/C10H15N3O3S/c1-3-4-6(11)8(14)13-10-12-5(2)7(17-10)9(15)16/h6H,3-4,11H2,1-2H3,(H,15,16)(H,12,13,14)/t6-/m0/s1. The van der Waals surface area contributed by atoms with Gasteiger partial charge >= 0.3 is 5.97 Å². The van der Waals surface area contributed by atoms with Gasteiger partial charge in [0.25, 0.3) is 0 Å². The Morgan fingerprint density at radius 1 is 1.59 bits per heavy atom. The number of rotatable bonds is 5. The van der Waals surface area contributed by atoms with Gasteiger partial charge in [-0.25, -0.2) is 9.78 Å². The van der Waals surface area contributed by atoms with E-state index in [0.717, 1.165) is 17.8 Å². The molecule has 7 heteroatoms. The Balaban J connectivity index is 2.72. The lowest BCUT2D eigenvalue weighted by atomic mass is 10.2. The molecular weight excluding hydrogens is 242 g/mol. The number of nitrogens with two attached hydrogens (primary N) is 1. The number of nitrogens with one attached hydrogen (secondary N) is 1. The Morgan fingerprint density at radius 3 is 2.71 bits per heavy atom. The van der Waals surface area contributed by atoms with Gasteiger partial charge in [-0.3, -0.25) is 4.79 Å². The average Bonchev–Trinajstić information content (AvgIpc) is 2.59. The summed E-state index contributed by atoms with van der Waals surface area (Å²) >= 11 is 0.933. The molecule has 1 heterocycles. The Bertz CT molecular complexity index is 430. The summed E-state index contributed by atoms with van der Waals surface area (Å²) in [6.45, 7) is 3.52. The number of carbonyl (C=O) groups excluding carboxylic acids is 1. The second-order valence-corrected chi connectivity index (χ2v) is 4.62. The summed E-state index contributed by atoms with van der Waals surface area (Å²) < 4.78 is 0. The van der Waals surface area contributed by atoms with Crippen molar-refractivity contribution in [3.63, 3.8) is 0 Å². The van der Waals surface area contributed by atoms with Gasteiger partial charge in [-0.05, 0) is 13.3 Å². The zero-order chi connectivity index (χ0) is 13.0. The van der Waals surface area contributed by atoms with Gasteiger partial charge in [0.2, 0.25) is 5.91 Å². The van der Waals surface area contributed by atoms with Crippen LogP contribution in [0.5, 0.6) is 0 Å². The van der Waals surface area contributed by atoms with Crippen LogP contribution in [0.4, 0.5) is 5.13 Å². The third-order valence-corrected chi connectivity index (χ3v) is 3.22. The number of carboxylic acids is 1. The van der Waals surface area contributed by atoms with E-state index in [4.69, 9.17) is 10.8 Å². The van der Waals surface area contributed by atoms with Crippen LogP contribution >= 0.6 is 11.3 Å². The van der Waals surface area contributed by atoms with E-state index < -0.39 is 12.0 Å². The highest BCUT2D eigenvalue weighted by molar-refractivity contribution is 7.17. The Labute approximate surface area is 103 Å². The van der Waals surface area contributed by atoms with E-state index in [1.165, 1.54) is 0 Å². The minimum absolute atomic E-state index is 0.129. The molecule has 1 rings (SSSR count). The molecule has 0 aliphatic carbocycles. The molecule has 1 amide bonds. The Morgan fingerprint density at radius 2 is 2.24 bits per heavy atom. The number of aromatic carboxylic acids is 1. The van der Waals surface area contributed by atoms with Crippen molar-refractivity contribution in [2.45, 2.75) is 32.7 Å². The predicted molar refractivity (Wildman–Crippen MR) is 65.3 cm³/mol. The van der Waals surface area contributed by atoms with Crippen molar-refractivity contribution in [2.75, 3.05) is 5.32 Å². The maximum atomic E-state index is 11.6. The summed E-state index contributed by atoms with van der Waals surface area (Å²) in [5, 5.41) is 11.6. The SMILES string of the molecule is CCC[C@H](N)C(=O)Nc1nc(C)c(C(=O)O)s1. The summed E-state index contributed by atoms with van der Waals surface area (Å²) in [4.78, 5) is 26.5. The lowest BCUT2D eigenvalue weighted by Gasteiger charge is -2.08. The molecule has 0 saturated heterocycles. The number of thiazole rings is 1. The molecule has 4 N–H and O–H groups in total. The molecule has 1 aromatic rings. The van der Waals surface area contributed by atoms with Crippen LogP contribution in [0.15, 0.2) is 0 Å². The first-order valence-corrected chi connectivity index (χ1v) is 6.04. The first-order chi connectivity index (χ1) is 7.95. The molecule has 0 spiro atoms. The third-order valence-electron chi connectivity index (χ3n) is 2.16. The summed E-state index contributed by atoms with van der Waals surface area (Å²) in [7, 11) is 0. The van der Waals surface area contributed by atoms with Gasteiger partial charge < -0.3 is 16.2 Å². The molecule has 6 nitrogen and oxygen atoms in total. The van der Waals surface area contributed by atoms with E-state index in [2.05, 4.69) is 10.3 Å². The van der Waals surface area contributed by atoms with Crippen molar-refractivity contribution in [2.24, 2.45) is 5.73 Å². The first-order valence-electron chi connectivity index (χ1n) is 5.22. The van der Waals surface area contributed by atoms with Crippen molar-refractivity contribution in [3.05, 3.63) is 10.6 Å². The van der Waals surface area contributed by atoms with Gasteiger partial charge in [0.05, 0.1) is 11.7 Å². The van der Waals surface area contributed by atoms with E-state index in [9.17, 15) is 9.59 Å². The maximum absolute atomic E-state index is 11.6. The summed E-state index contributed by atoms with van der Waals surface area (Å²) in [6.07, 6.45) is 1.40. The van der Waals surface area contributed by atoms with Crippen LogP contribution < -0.4 is 11.1 Å². The molecule has 1 aromatic heterocycles. The fraction of sp³-hybridized carbons (Fsp3) is 0.500. The Hall–Kier alpha value is -1.47. The molecule has 0 fully saturated rings. The molecular formula is C10H15N3O3S. The van der Waals surface area contributed by atoms with Gasteiger partial charge in [-0.1, -0.05) is 24.7 Å². The minimum Gasteiger partial charge on any atom is -0.477 e. The number of carboxylic acid groups (broad SMARTS) is 1. The third kappa shape index (κ3) is 3.50. The first kappa shape index (κ1) is 13.6. The zero-order valence-corrected chi connectivity index (χ0v) is 10.5. The molecule has 94 valence electrons. The molecule has 0 aromatic carbocycles. The molecule has 0 bridgehead atoms. The van der Waals surface area contributed by atoms with Crippen LogP contribution in [0.1, 0.15) is 35.1 Å². The maximum Gasteiger partial charge on any atom is 0.347 e. The number of aryl methyl sites for hydroxylation is 1. The van der Waals surface area contributed by atoms with Crippen molar-refractivity contribution >= 4 is 28.3 Å². The normalized spacial score (nSPS) is 12.2. The number of hydrogen-bond donors (Lipinski definition) is 3. The van der Waals surface area contributed by atoms with Gasteiger partial charge in [0.15, 0.2) is 5.13 Å². The van der Waals surface area contributed by atoms with Crippen LogP contribution in [-0.4, -0.2) is 28.0 Å². The second-order valence-electron chi connectivity index (χ2n) is 3.62. The van der Waals surface area contributed by atoms with Gasteiger partial charge in [0, 0.05) is 0 Å². The topological polar surface area (TPSA) is 105 Å². The molecule has 0 unspecified atom stereocenters. The van der Waals surface area contributed by atoms with Gasteiger partial charge in [-0.15, -0.1) is 0 Å². The zero-order valence-electron chi connectivity index (χ0n) is 9.69. The summed E-state index contributed by atoms with van der Waals surface area (Å²) in [5.74, 6) is -1.38. The van der Waals surface area contributed by atoms with E-state index >= 15 is 0 Å². The largest absolute Gasteiger partial charge is 0.477 e. The van der Waals surface area contributed by atoms with Crippen molar-refractivity contribution in [3.8, 4) is 0 Å². The van der Waals surface area contributed by atoms with Crippen LogP contribution in [0.25, 0.3) is 0 Å². The number of aromatic nitrogens is 1. The summed E-state index contributed by atoms with van der Waals surface area (Å²) in [6, 6.07) is -0.586. The average molecular weight is 257 g/mol. The van der Waals surface area contributed by atoms with Gasteiger partial charge in [-0.2, -0.15) is 0 Å². The van der Waals surface area contributed by atoms with Crippen LogP contribution in [0.3, 0.4) is 0 Å². The fourth-order valence-corrected chi connectivity index (χ4v) is 2.10. The highest BCUT2D eigenvalue weighted by Gasteiger charge is 2.18. The van der Waals surface area contributed by atoms with E-state index in [-0.39, 0.29) is 15.9 Å². The van der Waals surface area contributed by atoms with Crippen molar-refractivity contribution in [1.29, 1.82) is 0 Å². The smallest absolute Gasteiger partial charge is 0.347 e. The van der Waals surface area contributed by atoms with Gasteiger partial charge in [0.1, 0.15) is 4.88 Å². The highest BCUT2D eigenvalue weighted by Crippen LogP contribution is 2.22. The van der Waals surface area contributed by atoms with Crippen molar-refractivity contribution < 1.29 is 14.7 Å². The Kier molecular flexibility index (Phi) is 4.59. The van der Waals surface area contributed by atoms with Crippen LogP contribution in [-0.2, 0) is 4.79 Å². The second kappa shape index (κ2) is 5.74. The molecule has 0 aliphatic heterocycles. The summed E-state index contributed by atoms with van der Waals surface area (Å²) in [5.41, 5.74) is 6.02. The number of carbonyl (C=O) groups is 2.